The largest absolute Gasteiger partial charge is 0.340 e. The lowest BCUT2D eigenvalue weighted by atomic mass is 9.98. The summed E-state index contributed by atoms with van der Waals surface area (Å²) in [5.74, 6) is -0.872. The molecule has 1 aliphatic rings. The highest BCUT2D eigenvalue weighted by molar-refractivity contribution is 6.54. The van der Waals surface area contributed by atoms with Gasteiger partial charge in [-0.3, -0.25) is 4.79 Å². The van der Waals surface area contributed by atoms with Crippen LogP contribution in [0.3, 0.4) is 0 Å². The number of carbonyl (C=O) groups excluding carboxylic acids is 2. The van der Waals surface area contributed by atoms with Gasteiger partial charge < -0.3 is 9.74 Å². The van der Waals surface area contributed by atoms with E-state index in [1.807, 2.05) is 12.1 Å². The molecule has 0 aliphatic carbocycles. The third kappa shape index (κ3) is 3.99. The van der Waals surface area contributed by atoms with Crippen LogP contribution >= 0.6 is 23.2 Å². The summed E-state index contributed by atoms with van der Waals surface area (Å²) < 4.78 is 0. The van der Waals surface area contributed by atoms with Gasteiger partial charge in [-0.15, -0.1) is 0 Å². The van der Waals surface area contributed by atoms with Gasteiger partial charge in [0, 0.05) is 15.6 Å². The van der Waals surface area contributed by atoms with Gasteiger partial charge >= 0.3 is 5.97 Å². The van der Waals surface area contributed by atoms with Crippen LogP contribution in [0.4, 0.5) is 5.69 Å². The Balaban J connectivity index is 1.93. The van der Waals surface area contributed by atoms with Crippen molar-refractivity contribution in [1.29, 1.82) is 0 Å². The molecule has 140 valence electrons. The van der Waals surface area contributed by atoms with Crippen molar-refractivity contribution in [2.75, 3.05) is 4.90 Å². The molecule has 3 rings (SSSR count). The Morgan fingerprint density at radius 2 is 1.85 bits per heavy atom. The van der Waals surface area contributed by atoms with E-state index >= 15 is 0 Å². The van der Waals surface area contributed by atoms with Crippen molar-refractivity contribution in [3.05, 3.63) is 63.6 Å². The zero-order valence-corrected chi connectivity index (χ0v) is 16.6. The maximum Gasteiger partial charge on any atom is 0.340 e. The van der Waals surface area contributed by atoms with Crippen LogP contribution in [0, 0.1) is 5.41 Å². The summed E-state index contributed by atoms with van der Waals surface area (Å²) in [5.41, 5.74) is 1.40. The van der Waals surface area contributed by atoms with Crippen molar-refractivity contribution in [2.45, 2.75) is 27.3 Å². The zero-order valence-electron chi connectivity index (χ0n) is 15.1. The Morgan fingerprint density at radius 3 is 2.52 bits per heavy atom. The Morgan fingerprint density at radius 1 is 1.15 bits per heavy atom. The SMILES string of the molecule is CC(C)(C)C(=O)O/N=C1\C(=O)N(Cc2ccc(Cl)cc2Cl)c2ccccc21. The molecule has 2 aromatic rings. The first-order valence-electron chi connectivity index (χ1n) is 8.33. The molecular weight excluding hydrogens is 387 g/mol. The summed E-state index contributed by atoms with van der Waals surface area (Å²) in [5, 5.41) is 4.85. The number of para-hydroxylation sites is 1. The van der Waals surface area contributed by atoms with Crippen molar-refractivity contribution in [3.63, 3.8) is 0 Å². The number of carbonyl (C=O) groups is 2. The summed E-state index contributed by atoms with van der Waals surface area (Å²) in [4.78, 5) is 31.5. The highest BCUT2D eigenvalue weighted by Gasteiger charge is 2.35. The molecule has 0 atom stereocenters. The fourth-order valence-electron chi connectivity index (χ4n) is 2.55. The van der Waals surface area contributed by atoms with Crippen LogP contribution in [0.1, 0.15) is 31.9 Å². The van der Waals surface area contributed by atoms with Gasteiger partial charge in [0.1, 0.15) is 0 Å². The van der Waals surface area contributed by atoms with Gasteiger partial charge in [-0.05, 0) is 44.5 Å². The van der Waals surface area contributed by atoms with Gasteiger partial charge in [-0.25, -0.2) is 4.79 Å². The molecule has 0 unspecified atom stereocenters. The summed E-state index contributed by atoms with van der Waals surface area (Å²) >= 11 is 12.2. The quantitative estimate of drug-likeness (QED) is 0.543. The van der Waals surface area contributed by atoms with E-state index in [-0.39, 0.29) is 18.2 Å². The van der Waals surface area contributed by atoms with E-state index in [2.05, 4.69) is 5.16 Å². The fraction of sp³-hybridized carbons (Fsp3) is 0.250. The van der Waals surface area contributed by atoms with E-state index in [9.17, 15) is 9.59 Å². The number of rotatable bonds is 3. The molecule has 1 amide bonds. The Bertz CT molecular complexity index is 948. The van der Waals surface area contributed by atoms with Crippen molar-refractivity contribution < 1.29 is 14.4 Å². The van der Waals surface area contributed by atoms with Crippen molar-refractivity contribution in [3.8, 4) is 0 Å². The molecule has 27 heavy (non-hydrogen) atoms. The molecule has 7 heteroatoms. The summed E-state index contributed by atoms with van der Waals surface area (Å²) in [6.45, 7) is 5.40. The third-order valence-electron chi connectivity index (χ3n) is 4.07. The number of benzene rings is 2. The zero-order chi connectivity index (χ0) is 19.8. The number of amides is 1. The van der Waals surface area contributed by atoms with Gasteiger partial charge in [0.15, 0.2) is 5.71 Å². The normalized spacial score (nSPS) is 15.2. The minimum Gasteiger partial charge on any atom is -0.317 e. The molecule has 1 aliphatic heterocycles. The lowest BCUT2D eigenvalue weighted by molar-refractivity contribution is -0.152. The van der Waals surface area contributed by atoms with E-state index in [4.69, 9.17) is 28.0 Å². The van der Waals surface area contributed by atoms with Gasteiger partial charge in [0.05, 0.1) is 17.6 Å². The molecule has 0 spiro atoms. The van der Waals surface area contributed by atoms with Crippen molar-refractivity contribution in [2.24, 2.45) is 10.6 Å². The Hall–Kier alpha value is -2.37. The molecule has 0 bridgehead atoms. The first-order chi connectivity index (χ1) is 12.7. The van der Waals surface area contributed by atoms with Gasteiger partial charge in [-0.1, -0.05) is 52.6 Å². The molecule has 1 heterocycles. The number of hydrogen-bond acceptors (Lipinski definition) is 4. The molecule has 0 N–H and O–H groups in total. The molecular formula is C20H18Cl2N2O3. The number of anilines is 1. The fourth-order valence-corrected chi connectivity index (χ4v) is 3.02. The van der Waals surface area contributed by atoms with Crippen LogP contribution in [-0.4, -0.2) is 17.6 Å². The van der Waals surface area contributed by atoms with Crippen LogP contribution in [0.25, 0.3) is 0 Å². The second-order valence-corrected chi connectivity index (χ2v) is 8.06. The van der Waals surface area contributed by atoms with E-state index < -0.39 is 11.4 Å². The monoisotopic (exact) mass is 404 g/mol. The summed E-state index contributed by atoms with van der Waals surface area (Å²) in [6.07, 6.45) is 0. The number of halogens is 2. The minimum atomic E-state index is -0.720. The average Bonchev–Trinajstić information content (AvgIpc) is 2.86. The lowest BCUT2D eigenvalue weighted by Crippen LogP contribution is -2.30. The minimum absolute atomic E-state index is 0.0910. The van der Waals surface area contributed by atoms with Gasteiger partial charge in [-0.2, -0.15) is 0 Å². The number of fused-ring (bicyclic) bond motifs is 1. The van der Waals surface area contributed by atoms with Crippen molar-refractivity contribution in [1.82, 2.24) is 0 Å². The van der Waals surface area contributed by atoms with Crippen LogP contribution in [-0.2, 0) is 21.0 Å². The molecule has 0 fully saturated rings. The molecule has 5 nitrogen and oxygen atoms in total. The molecule has 0 saturated heterocycles. The first kappa shape index (κ1) is 19.4. The van der Waals surface area contributed by atoms with E-state index in [1.165, 1.54) is 0 Å². The molecule has 0 radical (unpaired) electrons. The highest BCUT2D eigenvalue weighted by atomic mass is 35.5. The standard InChI is InChI=1S/C20H18Cl2N2O3/c1-20(2,3)19(26)27-23-17-14-6-4-5-7-16(14)24(18(17)25)11-12-8-9-13(21)10-15(12)22/h4-10H,11H2,1-3H3/b23-17-. The number of nitrogens with zero attached hydrogens (tertiary/aromatic N) is 2. The van der Waals surface area contributed by atoms with Crippen LogP contribution in [0.15, 0.2) is 47.6 Å². The van der Waals surface area contributed by atoms with Crippen molar-refractivity contribution >= 4 is 46.5 Å². The average molecular weight is 405 g/mol. The first-order valence-corrected chi connectivity index (χ1v) is 9.08. The topological polar surface area (TPSA) is 59.0 Å². The maximum absolute atomic E-state index is 12.9. The number of hydrogen-bond donors (Lipinski definition) is 0. The lowest BCUT2D eigenvalue weighted by Gasteiger charge is -2.17. The molecule has 2 aromatic carbocycles. The third-order valence-corrected chi connectivity index (χ3v) is 4.66. The second kappa shape index (κ2) is 7.33. The van der Waals surface area contributed by atoms with E-state index in [1.54, 1.807) is 56.0 Å². The predicted molar refractivity (Wildman–Crippen MR) is 106 cm³/mol. The van der Waals surface area contributed by atoms with Gasteiger partial charge in [0.25, 0.3) is 5.91 Å². The number of oxime groups is 1. The van der Waals surface area contributed by atoms with Gasteiger partial charge in [0.2, 0.25) is 0 Å². The molecule has 0 saturated carbocycles. The summed E-state index contributed by atoms with van der Waals surface area (Å²) in [7, 11) is 0. The van der Waals surface area contributed by atoms with E-state index in [0.29, 0.717) is 21.3 Å². The predicted octanol–water partition coefficient (Wildman–Crippen LogP) is 4.83. The van der Waals surface area contributed by atoms with Crippen LogP contribution in [0.5, 0.6) is 0 Å². The van der Waals surface area contributed by atoms with E-state index in [0.717, 1.165) is 5.56 Å². The Labute approximate surface area is 167 Å². The second-order valence-electron chi connectivity index (χ2n) is 7.21. The Kier molecular flexibility index (Phi) is 5.27. The smallest absolute Gasteiger partial charge is 0.317 e. The molecule has 0 aromatic heterocycles. The van der Waals surface area contributed by atoms with Crippen LogP contribution < -0.4 is 4.90 Å². The maximum atomic E-state index is 12.9. The van der Waals surface area contributed by atoms with Crippen LogP contribution in [0.2, 0.25) is 10.0 Å². The summed E-state index contributed by atoms with van der Waals surface area (Å²) in [6, 6.07) is 12.3. The highest BCUT2D eigenvalue weighted by Crippen LogP contribution is 2.32.